The fourth-order valence-corrected chi connectivity index (χ4v) is 2.70. The quantitative estimate of drug-likeness (QED) is 0.559. The zero-order valence-electron chi connectivity index (χ0n) is 13.9. The Morgan fingerprint density at radius 3 is 2.68 bits per heavy atom. The van der Waals surface area contributed by atoms with Gasteiger partial charge in [0.1, 0.15) is 5.75 Å². The van der Waals surface area contributed by atoms with E-state index in [2.05, 4.69) is 4.99 Å². The lowest BCUT2D eigenvalue weighted by Crippen LogP contribution is -2.05. The molecule has 1 heterocycles. The number of cyclic esters (lactones) is 1. The molecule has 0 aromatic heterocycles. The number of carbonyl (C=O) groups excluding carboxylic acids is 1. The normalized spacial score (nSPS) is 15.2. The zero-order valence-corrected chi connectivity index (χ0v) is 14.6. The Hall–Kier alpha value is -2.59. The Kier molecular flexibility index (Phi) is 5.51. The highest BCUT2D eigenvalue weighted by atomic mass is 35.5. The van der Waals surface area contributed by atoms with Crippen LogP contribution < -0.4 is 4.74 Å². The average Bonchev–Trinajstić information content (AvgIpc) is 2.95. The summed E-state index contributed by atoms with van der Waals surface area (Å²) in [5, 5.41) is 0.693. The van der Waals surface area contributed by atoms with Gasteiger partial charge in [0.15, 0.2) is 11.6 Å². The van der Waals surface area contributed by atoms with Gasteiger partial charge in [-0.2, -0.15) is 0 Å². The minimum absolute atomic E-state index is 0.310. The van der Waals surface area contributed by atoms with Crippen LogP contribution in [0.4, 0.5) is 0 Å². The van der Waals surface area contributed by atoms with Crippen LogP contribution >= 0.6 is 11.6 Å². The number of rotatable bonds is 6. The van der Waals surface area contributed by atoms with Crippen LogP contribution in [0.15, 0.2) is 59.2 Å². The molecule has 3 rings (SSSR count). The van der Waals surface area contributed by atoms with E-state index in [4.69, 9.17) is 21.1 Å². The van der Waals surface area contributed by atoms with Crippen molar-refractivity contribution in [3.05, 3.63) is 70.4 Å². The number of esters is 1. The highest BCUT2D eigenvalue weighted by Gasteiger charge is 2.22. The lowest BCUT2D eigenvalue weighted by molar-refractivity contribution is -0.130. The van der Waals surface area contributed by atoms with Crippen molar-refractivity contribution in [3.63, 3.8) is 0 Å². The van der Waals surface area contributed by atoms with Crippen LogP contribution in [0, 0.1) is 0 Å². The molecule has 25 heavy (non-hydrogen) atoms. The van der Waals surface area contributed by atoms with Gasteiger partial charge in [0.05, 0.1) is 6.61 Å². The number of aryl methyl sites for hydroxylation is 1. The molecule has 0 atom stereocenters. The fraction of sp³-hybridized carbons (Fsp3) is 0.200. The number of carbonyl (C=O) groups is 1. The summed E-state index contributed by atoms with van der Waals surface area (Å²) in [6, 6.07) is 15.1. The number of hydrogen-bond donors (Lipinski definition) is 0. The van der Waals surface area contributed by atoms with E-state index in [1.54, 1.807) is 6.08 Å². The lowest BCUT2D eigenvalue weighted by Gasteiger charge is -2.02. The molecule has 128 valence electrons. The second-order valence-corrected chi connectivity index (χ2v) is 5.99. The number of ether oxygens (including phenoxy) is 2. The summed E-state index contributed by atoms with van der Waals surface area (Å²) in [4.78, 5) is 16.3. The van der Waals surface area contributed by atoms with E-state index in [0.717, 1.165) is 16.9 Å². The van der Waals surface area contributed by atoms with Crippen LogP contribution in [0.1, 0.15) is 24.5 Å². The Morgan fingerprint density at radius 1 is 1.16 bits per heavy atom. The van der Waals surface area contributed by atoms with E-state index < -0.39 is 5.97 Å². The molecule has 0 amide bonds. The molecule has 0 bridgehead atoms. The van der Waals surface area contributed by atoms with E-state index in [-0.39, 0.29) is 0 Å². The van der Waals surface area contributed by atoms with E-state index in [1.807, 2.05) is 55.5 Å². The van der Waals surface area contributed by atoms with Crippen molar-refractivity contribution in [2.75, 3.05) is 6.61 Å². The van der Waals surface area contributed by atoms with Gasteiger partial charge >= 0.3 is 5.97 Å². The van der Waals surface area contributed by atoms with Crippen molar-refractivity contribution in [3.8, 4) is 5.75 Å². The van der Waals surface area contributed by atoms with E-state index in [0.29, 0.717) is 36.1 Å². The first-order valence-corrected chi connectivity index (χ1v) is 8.50. The standard InChI is InChI=1S/C20H18ClNO3/c1-2-24-17-9-6-15(7-10-17)13-18-20(23)25-19(22-18)11-8-14-4-3-5-16(21)12-14/h3-7,9-10,12-13H,2,8,11H2,1H3/b18-13+. The summed E-state index contributed by atoms with van der Waals surface area (Å²) in [7, 11) is 0. The molecular formula is C20H18ClNO3. The average molecular weight is 356 g/mol. The first-order chi connectivity index (χ1) is 12.1. The van der Waals surface area contributed by atoms with Crippen LogP contribution in [-0.4, -0.2) is 18.5 Å². The molecule has 1 aliphatic rings. The van der Waals surface area contributed by atoms with Gasteiger partial charge in [-0.05, 0) is 54.8 Å². The smallest absolute Gasteiger partial charge is 0.363 e. The molecule has 0 radical (unpaired) electrons. The first kappa shape index (κ1) is 17.2. The molecule has 5 heteroatoms. The van der Waals surface area contributed by atoms with Crippen molar-refractivity contribution in [1.29, 1.82) is 0 Å². The third-order valence-electron chi connectivity index (χ3n) is 3.68. The molecule has 2 aromatic carbocycles. The van der Waals surface area contributed by atoms with E-state index >= 15 is 0 Å². The second kappa shape index (κ2) is 7.99. The maximum atomic E-state index is 12.0. The highest BCUT2D eigenvalue weighted by Crippen LogP contribution is 2.20. The van der Waals surface area contributed by atoms with Gasteiger partial charge in [-0.3, -0.25) is 0 Å². The van der Waals surface area contributed by atoms with Gasteiger partial charge in [-0.15, -0.1) is 0 Å². The molecule has 0 saturated carbocycles. The largest absolute Gasteiger partial charge is 0.494 e. The Bertz CT molecular complexity index is 825. The Morgan fingerprint density at radius 2 is 1.96 bits per heavy atom. The SMILES string of the molecule is CCOc1ccc(/C=C2/N=C(CCc3cccc(Cl)c3)OC2=O)cc1. The Labute approximate surface area is 151 Å². The van der Waals surface area contributed by atoms with Crippen LogP contribution in [0.2, 0.25) is 5.02 Å². The Balaban J connectivity index is 1.67. The molecule has 2 aromatic rings. The van der Waals surface area contributed by atoms with E-state index in [1.165, 1.54) is 0 Å². The topological polar surface area (TPSA) is 47.9 Å². The molecule has 0 fully saturated rings. The van der Waals surface area contributed by atoms with E-state index in [9.17, 15) is 4.79 Å². The third-order valence-corrected chi connectivity index (χ3v) is 3.91. The van der Waals surface area contributed by atoms with Crippen molar-refractivity contribution >= 4 is 29.5 Å². The van der Waals surface area contributed by atoms with Gasteiger partial charge in [-0.25, -0.2) is 9.79 Å². The monoisotopic (exact) mass is 355 g/mol. The summed E-state index contributed by atoms with van der Waals surface area (Å²) in [5.74, 6) is 0.807. The number of halogens is 1. The second-order valence-electron chi connectivity index (χ2n) is 5.56. The lowest BCUT2D eigenvalue weighted by atomic mass is 10.1. The molecule has 4 nitrogen and oxygen atoms in total. The molecule has 1 aliphatic heterocycles. The van der Waals surface area contributed by atoms with Crippen LogP contribution in [-0.2, 0) is 16.0 Å². The summed E-state index contributed by atoms with van der Waals surface area (Å²) in [6.45, 7) is 2.55. The zero-order chi connectivity index (χ0) is 17.6. The van der Waals surface area contributed by atoms with Gasteiger partial charge in [-0.1, -0.05) is 35.9 Å². The molecule has 0 unspecified atom stereocenters. The van der Waals surface area contributed by atoms with Crippen molar-refractivity contribution in [1.82, 2.24) is 0 Å². The minimum Gasteiger partial charge on any atom is -0.494 e. The van der Waals surface area contributed by atoms with Gasteiger partial charge < -0.3 is 9.47 Å². The molecule has 0 N–H and O–H groups in total. The minimum atomic E-state index is -0.421. The number of aliphatic imine (C=N–C) groups is 1. The van der Waals surface area contributed by atoms with Crippen molar-refractivity contribution in [2.45, 2.75) is 19.8 Å². The first-order valence-electron chi connectivity index (χ1n) is 8.13. The van der Waals surface area contributed by atoms with Crippen LogP contribution in [0.25, 0.3) is 6.08 Å². The maximum absolute atomic E-state index is 12.0. The summed E-state index contributed by atoms with van der Waals surface area (Å²) in [6.07, 6.45) is 2.97. The van der Waals surface area contributed by atoms with Crippen molar-refractivity contribution in [2.24, 2.45) is 4.99 Å². The number of hydrogen-bond acceptors (Lipinski definition) is 4. The predicted molar refractivity (Wildman–Crippen MR) is 98.9 cm³/mol. The van der Waals surface area contributed by atoms with Gasteiger partial charge in [0.25, 0.3) is 0 Å². The summed E-state index contributed by atoms with van der Waals surface area (Å²) >= 11 is 5.97. The molecule has 0 spiro atoms. The third kappa shape index (κ3) is 4.70. The highest BCUT2D eigenvalue weighted by molar-refractivity contribution is 6.30. The molecular weight excluding hydrogens is 338 g/mol. The predicted octanol–water partition coefficient (Wildman–Crippen LogP) is 4.67. The van der Waals surface area contributed by atoms with Gasteiger partial charge in [0.2, 0.25) is 0 Å². The van der Waals surface area contributed by atoms with Crippen LogP contribution in [0.5, 0.6) is 5.75 Å². The van der Waals surface area contributed by atoms with Gasteiger partial charge in [0, 0.05) is 11.4 Å². The number of benzene rings is 2. The molecule has 0 saturated heterocycles. The maximum Gasteiger partial charge on any atom is 0.363 e. The molecule has 0 aliphatic carbocycles. The van der Waals surface area contributed by atoms with Crippen molar-refractivity contribution < 1.29 is 14.3 Å². The fourth-order valence-electron chi connectivity index (χ4n) is 2.49. The summed E-state index contributed by atoms with van der Waals surface area (Å²) in [5.41, 5.74) is 2.26. The number of nitrogens with zero attached hydrogens (tertiary/aromatic N) is 1. The summed E-state index contributed by atoms with van der Waals surface area (Å²) < 4.78 is 10.6. The van der Waals surface area contributed by atoms with Crippen LogP contribution in [0.3, 0.4) is 0 Å².